The Balaban J connectivity index is 2.15. The summed E-state index contributed by atoms with van der Waals surface area (Å²) in [5.41, 5.74) is 1.07. The fourth-order valence-corrected chi connectivity index (χ4v) is 2.43. The normalized spacial score (nSPS) is 12.2. The molecule has 0 saturated heterocycles. The summed E-state index contributed by atoms with van der Waals surface area (Å²) in [6, 6.07) is 6.35. The average molecular weight is 319 g/mol. The van der Waals surface area contributed by atoms with Gasteiger partial charge in [-0.25, -0.2) is 0 Å². The zero-order valence-corrected chi connectivity index (χ0v) is 12.2. The van der Waals surface area contributed by atoms with Crippen molar-refractivity contribution in [2.45, 2.75) is 13.0 Å². The molecule has 3 nitrogen and oxygen atoms in total. The SMILES string of the molecule is CC(NC(=O)c1ccoc1Cl)c1ccc(Cl)cc1Cl. The molecule has 1 amide bonds. The van der Waals surface area contributed by atoms with Crippen LogP contribution in [0, 0.1) is 0 Å². The van der Waals surface area contributed by atoms with Gasteiger partial charge in [-0.05, 0) is 42.3 Å². The summed E-state index contributed by atoms with van der Waals surface area (Å²) in [5, 5.41) is 3.90. The Morgan fingerprint density at radius 3 is 2.58 bits per heavy atom. The van der Waals surface area contributed by atoms with Gasteiger partial charge in [0.15, 0.2) is 0 Å². The highest BCUT2D eigenvalue weighted by Crippen LogP contribution is 2.26. The molecule has 0 radical (unpaired) electrons. The van der Waals surface area contributed by atoms with Gasteiger partial charge >= 0.3 is 0 Å². The van der Waals surface area contributed by atoms with E-state index >= 15 is 0 Å². The van der Waals surface area contributed by atoms with Crippen molar-refractivity contribution in [1.82, 2.24) is 5.32 Å². The van der Waals surface area contributed by atoms with Gasteiger partial charge in [-0.1, -0.05) is 29.3 Å². The van der Waals surface area contributed by atoms with Crippen LogP contribution < -0.4 is 5.32 Å². The van der Waals surface area contributed by atoms with Crippen LogP contribution in [0.15, 0.2) is 34.9 Å². The van der Waals surface area contributed by atoms with E-state index in [0.717, 1.165) is 5.56 Å². The van der Waals surface area contributed by atoms with Gasteiger partial charge < -0.3 is 9.73 Å². The molecule has 0 fully saturated rings. The van der Waals surface area contributed by atoms with Gasteiger partial charge in [-0.2, -0.15) is 0 Å². The van der Waals surface area contributed by atoms with Gasteiger partial charge in [0.05, 0.1) is 17.9 Å². The maximum absolute atomic E-state index is 12.0. The van der Waals surface area contributed by atoms with Gasteiger partial charge in [0.2, 0.25) is 5.22 Å². The Morgan fingerprint density at radius 2 is 2.00 bits per heavy atom. The van der Waals surface area contributed by atoms with Crippen molar-refractivity contribution in [3.8, 4) is 0 Å². The van der Waals surface area contributed by atoms with E-state index in [2.05, 4.69) is 5.32 Å². The molecule has 0 aliphatic carbocycles. The largest absolute Gasteiger partial charge is 0.452 e. The van der Waals surface area contributed by atoms with Crippen LogP contribution in [0.2, 0.25) is 15.3 Å². The molecule has 0 aliphatic heterocycles. The average Bonchev–Trinajstić information content (AvgIpc) is 2.75. The van der Waals surface area contributed by atoms with Gasteiger partial charge in [0.25, 0.3) is 5.91 Å². The Bertz CT molecular complexity index is 610. The smallest absolute Gasteiger partial charge is 0.256 e. The van der Waals surface area contributed by atoms with Crippen molar-refractivity contribution < 1.29 is 9.21 Å². The van der Waals surface area contributed by atoms with Crippen LogP contribution in [-0.2, 0) is 0 Å². The fraction of sp³-hybridized carbons (Fsp3) is 0.154. The molecule has 6 heteroatoms. The number of amides is 1. The molecule has 1 atom stereocenters. The summed E-state index contributed by atoms with van der Waals surface area (Å²) >= 11 is 17.7. The maximum atomic E-state index is 12.0. The van der Waals surface area contributed by atoms with E-state index in [1.54, 1.807) is 18.2 Å². The van der Waals surface area contributed by atoms with E-state index < -0.39 is 0 Å². The lowest BCUT2D eigenvalue weighted by Gasteiger charge is -2.15. The second-order valence-electron chi connectivity index (χ2n) is 3.97. The Kier molecular flexibility index (Phi) is 4.40. The monoisotopic (exact) mass is 317 g/mol. The minimum Gasteiger partial charge on any atom is -0.452 e. The van der Waals surface area contributed by atoms with Crippen LogP contribution in [0.4, 0.5) is 0 Å². The fourth-order valence-electron chi connectivity index (χ4n) is 1.66. The molecule has 0 saturated carbocycles. The van der Waals surface area contributed by atoms with Crippen molar-refractivity contribution >= 4 is 40.7 Å². The lowest BCUT2D eigenvalue weighted by molar-refractivity contribution is 0.0939. The zero-order chi connectivity index (χ0) is 14.0. The van der Waals surface area contributed by atoms with Crippen LogP contribution in [0.1, 0.15) is 28.9 Å². The third-order valence-corrected chi connectivity index (χ3v) is 3.49. The van der Waals surface area contributed by atoms with Crippen LogP contribution in [0.3, 0.4) is 0 Å². The number of nitrogens with one attached hydrogen (secondary N) is 1. The third kappa shape index (κ3) is 3.24. The number of carbonyl (C=O) groups excluding carboxylic acids is 1. The molecule has 0 bridgehead atoms. The summed E-state index contributed by atoms with van der Waals surface area (Å²) in [7, 11) is 0. The molecule has 2 aromatic rings. The van der Waals surface area contributed by atoms with Gasteiger partial charge in [0.1, 0.15) is 0 Å². The van der Waals surface area contributed by atoms with Crippen molar-refractivity contribution in [2.75, 3.05) is 0 Å². The first kappa shape index (κ1) is 14.3. The van der Waals surface area contributed by atoms with Crippen molar-refractivity contribution in [1.29, 1.82) is 0 Å². The number of halogens is 3. The van der Waals surface area contributed by atoms with Crippen molar-refractivity contribution in [3.63, 3.8) is 0 Å². The minimum absolute atomic E-state index is 0.0619. The van der Waals surface area contributed by atoms with Crippen LogP contribution in [0.25, 0.3) is 0 Å². The quantitative estimate of drug-likeness (QED) is 0.889. The van der Waals surface area contributed by atoms with E-state index in [9.17, 15) is 4.79 Å². The highest BCUT2D eigenvalue weighted by molar-refractivity contribution is 6.35. The maximum Gasteiger partial charge on any atom is 0.256 e. The Morgan fingerprint density at radius 1 is 1.26 bits per heavy atom. The van der Waals surface area contributed by atoms with Crippen molar-refractivity contribution in [2.24, 2.45) is 0 Å². The molecule has 100 valence electrons. The minimum atomic E-state index is -0.322. The summed E-state index contributed by atoms with van der Waals surface area (Å²) in [4.78, 5) is 12.0. The number of carbonyl (C=O) groups is 1. The molecule has 1 N–H and O–H groups in total. The summed E-state index contributed by atoms with van der Waals surface area (Å²) in [5.74, 6) is -0.322. The van der Waals surface area contributed by atoms with E-state index in [1.165, 1.54) is 12.3 Å². The van der Waals surface area contributed by atoms with Gasteiger partial charge in [-0.15, -0.1) is 0 Å². The topological polar surface area (TPSA) is 42.2 Å². The third-order valence-electron chi connectivity index (χ3n) is 2.64. The number of rotatable bonds is 3. The standard InChI is InChI=1S/C13H10Cl3NO2/c1-7(9-3-2-8(14)6-11(9)15)17-13(18)10-4-5-19-12(10)16/h2-7H,1H3,(H,17,18). The lowest BCUT2D eigenvalue weighted by Crippen LogP contribution is -2.26. The Labute approximate surface area is 125 Å². The number of hydrogen-bond donors (Lipinski definition) is 1. The molecule has 0 aliphatic rings. The first-order valence-electron chi connectivity index (χ1n) is 5.48. The molecule has 2 rings (SSSR count). The van der Waals surface area contributed by atoms with E-state index in [1.807, 2.05) is 6.92 Å². The second-order valence-corrected chi connectivity index (χ2v) is 5.16. The predicted molar refractivity (Wildman–Crippen MR) is 76.1 cm³/mol. The molecular weight excluding hydrogens is 309 g/mol. The van der Waals surface area contributed by atoms with Crippen LogP contribution >= 0.6 is 34.8 Å². The van der Waals surface area contributed by atoms with Crippen molar-refractivity contribution in [3.05, 3.63) is 56.9 Å². The van der Waals surface area contributed by atoms with E-state index in [4.69, 9.17) is 39.2 Å². The predicted octanol–water partition coefficient (Wildman–Crippen LogP) is 4.73. The van der Waals surface area contributed by atoms with Crippen LogP contribution in [0.5, 0.6) is 0 Å². The summed E-state index contributed by atoms with van der Waals surface area (Å²) in [6.07, 6.45) is 1.36. The molecule has 19 heavy (non-hydrogen) atoms. The molecule has 0 spiro atoms. The first-order chi connectivity index (χ1) is 8.99. The highest BCUT2D eigenvalue weighted by Gasteiger charge is 2.17. The second kappa shape index (κ2) is 5.87. The molecule has 1 heterocycles. The van der Waals surface area contributed by atoms with E-state index in [0.29, 0.717) is 15.6 Å². The number of hydrogen-bond acceptors (Lipinski definition) is 2. The summed E-state index contributed by atoms with van der Waals surface area (Å²) < 4.78 is 4.87. The lowest BCUT2D eigenvalue weighted by atomic mass is 10.1. The number of furan rings is 1. The van der Waals surface area contributed by atoms with E-state index in [-0.39, 0.29) is 17.2 Å². The molecule has 1 unspecified atom stereocenters. The Hall–Kier alpha value is -1.16. The number of benzene rings is 1. The first-order valence-corrected chi connectivity index (χ1v) is 6.61. The summed E-state index contributed by atoms with van der Waals surface area (Å²) in [6.45, 7) is 1.82. The highest BCUT2D eigenvalue weighted by atomic mass is 35.5. The van der Waals surface area contributed by atoms with Gasteiger partial charge in [0, 0.05) is 10.0 Å². The van der Waals surface area contributed by atoms with Gasteiger partial charge in [-0.3, -0.25) is 4.79 Å². The molecular formula is C13H10Cl3NO2. The van der Waals surface area contributed by atoms with Crippen LogP contribution in [-0.4, -0.2) is 5.91 Å². The molecule has 1 aromatic heterocycles. The zero-order valence-electron chi connectivity index (χ0n) is 9.91. The molecule has 1 aromatic carbocycles.